The van der Waals surface area contributed by atoms with Gasteiger partial charge < -0.3 is 25.0 Å². The maximum atomic E-state index is 13.3. The van der Waals surface area contributed by atoms with Gasteiger partial charge in [0.1, 0.15) is 16.9 Å². The minimum absolute atomic E-state index is 0.0799. The van der Waals surface area contributed by atoms with Gasteiger partial charge in [-0.25, -0.2) is 14.8 Å². The Balaban J connectivity index is 1.42. The first-order valence-electron chi connectivity index (χ1n) is 14.4. The van der Waals surface area contributed by atoms with Crippen LogP contribution in [0, 0.1) is 0 Å². The third kappa shape index (κ3) is 6.96. The van der Waals surface area contributed by atoms with E-state index in [0.29, 0.717) is 54.8 Å². The molecule has 1 aliphatic rings. The number of piperazine rings is 1. The molecule has 0 spiro atoms. The van der Waals surface area contributed by atoms with E-state index in [-0.39, 0.29) is 23.3 Å². The molecule has 2 aromatic heterocycles. The van der Waals surface area contributed by atoms with Crippen LogP contribution in [0.1, 0.15) is 38.1 Å². The summed E-state index contributed by atoms with van der Waals surface area (Å²) in [5.74, 6) is 0.137. The van der Waals surface area contributed by atoms with E-state index in [9.17, 15) is 14.4 Å². The van der Waals surface area contributed by atoms with Gasteiger partial charge in [0.15, 0.2) is 10.8 Å². The lowest BCUT2D eigenvalue weighted by atomic mass is 10.1. The van der Waals surface area contributed by atoms with Gasteiger partial charge in [-0.1, -0.05) is 30.0 Å². The summed E-state index contributed by atoms with van der Waals surface area (Å²) in [6, 6.07) is 18.6. The Bertz CT molecular complexity index is 1660. The fraction of sp³-hybridized carbons (Fsp3) is 0.344. The van der Waals surface area contributed by atoms with Gasteiger partial charge in [0.2, 0.25) is 5.91 Å². The Hall–Kier alpha value is -4.58. The highest BCUT2D eigenvalue weighted by atomic mass is 32.2. The van der Waals surface area contributed by atoms with Crippen LogP contribution in [0.15, 0.2) is 65.8 Å². The van der Waals surface area contributed by atoms with Gasteiger partial charge in [0, 0.05) is 37.4 Å². The number of hydrogen-bond donors (Lipinski definition) is 1. The van der Waals surface area contributed by atoms with E-state index in [0.717, 1.165) is 17.0 Å². The number of hydrogen-bond acceptors (Lipinski definition) is 8. The van der Waals surface area contributed by atoms with Crippen LogP contribution in [-0.4, -0.2) is 86.4 Å². The molecule has 230 valence electrons. The predicted molar refractivity (Wildman–Crippen MR) is 169 cm³/mol. The van der Waals surface area contributed by atoms with Crippen molar-refractivity contribution in [3.8, 4) is 22.7 Å². The lowest BCUT2D eigenvalue weighted by molar-refractivity contribution is -0.130. The molecule has 12 heteroatoms. The number of nitrogens with two attached hydrogens (primary N) is 1. The number of thioether (sulfide) groups is 1. The van der Waals surface area contributed by atoms with Crippen LogP contribution in [0.3, 0.4) is 0 Å². The summed E-state index contributed by atoms with van der Waals surface area (Å²) in [6.07, 6.45) is -0.377. The molecule has 0 aliphatic carbocycles. The number of primary amides is 1. The number of pyridine rings is 1. The molecular weight excluding hydrogens is 580 g/mol. The molecule has 0 radical (unpaired) electrons. The van der Waals surface area contributed by atoms with Gasteiger partial charge in [-0.05, 0) is 70.2 Å². The fourth-order valence-electron chi connectivity index (χ4n) is 4.84. The molecule has 0 saturated carbocycles. The molecule has 1 aliphatic heterocycles. The Labute approximate surface area is 260 Å². The Kier molecular flexibility index (Phi) is 9.09. The van der Waals surface area contributed by atoms with Crippen LogP contribution in [0.2, 0.25) is 0 Å². The average Bonchev–Trinajstić information content (AvgIpc) is 3.37. The number of ether oxygens (including phenoxy) is 2. The molecule has 3 amide bonds. The van der Waals surface area contributed by atoms with E-state index in [1.54, 1.807) is 15.9 Å². The second-order valence-corrected chi connectivity index (χ2v) is 12.2. The van der Waals surface area contributed by atoms with Crippen molar-refractivity contribution in [3.05, 3.63) is 66.2 Å². The summed E-state index contributed by atoms with van der Waals surface area (Å²) in [5, 5.41) is 0.505. The quantitative estimate of drug-likeness (QED) is 0.280. The van der Waals surface area contributed by atoms with E-state index in [2.05, 4.69) is 0 Å². The summed E-state index contributed by atoms with van der Waals surface area (Å²) in [6.45, 7) is 9.57. The molecule has 2 aromatic carbocycles. The van der Waals surface area contributed by atoms with Crippen LogP contribution in [0.25, 0.3) is 28.1 Å². The topological polar surface area (TPSA) is 133 Å². The number of rotatable bonds is 8. The van der Waals surface area contributed by atoms with Crippen LogP contribution in [-0.2, 0) is 9.53 Å². The second-order valence-electron chi connectivity index (χ2n) is 11.3. The van der Waals surface area contributed by atoms with Crippen molar-refractivity contribution >= 4 is 40.8 Å². The predicted octanol–water partition coefficient (Wildman–Crippen LogP) is 4.76. The Morgan fingerprint density at radius 3 is 2.20 bits per heavy atom. The minimum Gasteiger partial charge on any atom is -0.494 e. The first-order valence-corrected chi connectivity index (χ1v) is 15.4. The summed E-state index contributed by atoms with van der Waals surface area (Å²) in [4.78, 5) is 51.4. The number of para-hydroxylation sites is 1. The van der Waals surface area contributed by atoms with E-state index in [1.807, 2.05) is 86.9 Å². The first kappa shape index (κ1) is 30.9. The fourth-order valence-corrected chi connectivity index (χ4v) is 5.75. The molecule has 0 atom stereocenters. The molecule has 5 rings (SSSR count). The second kappa shape index (κ2) is 13.0. The number of carbonyl (C=O) groups is 3. The lowest BCUT2D eigenvalue weighted by Gasteiger charge is -2.35. The van der Waals surface area contributed by atoms with E-state index >= 15 is 0 Å². The van der Waals surface area contributed by atoms with Crippen molar-refractivity contribution in [3.63, 3.8) is 0 Å². The summed E-state index contributed by atoms with van der Waals surface area (Å²) < 4.78 is 12.9. The highest BCUT2D eigenvalue weighted by Gasteiger charge is 2.28. The van der Waals surface area contributed by atoms with Gasteiger partial charge in [-0.2, -0.15) is 0 Å². The molecule has 11 nitrogen and oxygen atoms in total. The van der Waals surface area contributed by atoms with Gasteiger partial charge >= 0.3 is 6.09 Å². The van der Waals surface area contributed by atoms with Gasteiger partial charge in [0.25, 0.3) is 5.91 Å². The van der Waals surface area contributed by atoms with E-state index in [4.69, 9.17) is 25.2 Å². The van der Waals surface area contributed by atoms with Crippen LogP contribution in [0.4, 0.5) is 4.79 Å². The molecule has 0 unspecified atom stereocenters. The molecule has 3 heterocycles. The molecule has 44 heavy (non-hydrogen) atoms. The monoisotopic (exact) mass is 616 g/mol. The normalized spacial score (nSPS) is 13.6. The SMILES string of the molecule is CCOc1ccc(-c2cc(C(N)=O)c3nc(SCC(=O)N4CCN(C(=O)OC(C)(C)C)CC4)n(-c4ccccc4)c3n2)cc1. The van der Waals surface area contributed by atoms with Crippen molar-refractivity contribution in [2.45, 2.75) is 38.5 Å². The largest absolute Gasteiger partial charge is 0.494 e. The molecular formula is C32H36N6O5S. The molecule has 2 N–H and O–H groups in total. The number of aromatic nitrogens is 3. The number of carbonyl (C=O) groups excluding carboxylic acids is 3. The Morgan fingerprint density at radius 2 is 1.59 bits per heavy atom. The number of amides is 3. The lowest BCUT2D eigenvalue weighted by Crippen LogP contribution is -2.52. The highest BCUT2D eigenvalue weighted by Crippen LogP contribution is 2.32. The zero-order valence-corrected chi connectivity index (χ0v) is 26.1. The smallest absolute Gasteiger partial charge is 0.410 e. The van der Waals surface area contributed by atoms with E-state index in [1.165, 1.54) is 11.8 Å². The number of nitrogens with zero attached hydrogens (tertiary/aromatic N) is 5. The van der Waals surface area contributed by atoms with Crippen molar-refractivity contribution in [2.24, 2.45) is 5.73 Å². The van der Waals surface area contributed by atoms with Crippen molar-refractivity contribution in [2.75, 3.05) is 38.5 Å². The highest BCUT2D eigenvalue weighted by molar-refractivity contribution is 7.99. The van der Waals surface area contributed by atoms with Crippen LogP contribution < -0.4 is 10.5 Å². The number of benzene rings is 2. The van der Waals surface area contributed by atoms with Crippen molar-refractivity contribution < 1.29 is 23.9 Å². The average molecular weight is 617 g/mol. The maximum absolute atomic E-state index is 13.3. The summed E-state index contributed by atoms with van der Waals surface area (Å²) in [7, 11) is 0. The maximum Gasteiger partial charge on any atom is 0.410 e. The minimum atomic E-state index is -0.627. The van der Waals surface area contributed by atoms with E-state index < -0.39 is 11.5 Å². The van der Waals surface area contributed by atoms with Gasteiger partial charge in [0.05, 0.1) is 23.6 Å². The van der Waals surface area contributed by atoms with Gasteiger partial charge in [-0.3, -0.25) is 14.2 Å². The molecule has 1 fully saturated rings. The van der Waals surface area contributed by atoms with Crippen LogP contribution in [0.5, 0.6) is 5.75 Å². The van der Waals surface area contributed by atoms with Gasteiger partial charge in [-0.15, -0.1) is 0 Å². The van der Waals surface area contributed by atoms with Crippen molar-refractivity contribution in [1.29, 1.82) is 0 Å². The third-order valence-electron chi connectivity index (χ3n) is 6.93. The Morgan fingerprint density at radius 1 is 0.932 bits per heavy atom. The molecule has 1 saturated heterocycles. The van der Waals surface area contributed by atoms with Crippen LogP contribution >= 0.6 is 11.8 Å². The first-order chi connectivity index (χ1) is 21.0. The zero-order valence-electron chi connectivity index (χ0n) is 25.3. The van der Waals surface area contributed by atoms with Crippen molar-refractivity contribution in [1.82, 2.24) is 24.3 Å². The number of fused-ring (bicyclic) bond motifs is 1. The molecule has 4 aromatic rings. The zero-order chi connectivity index (χ0) is 31.4. The standard InChI is InChI=1S/C32H36N6O5S/c1-5-42-23-13-11-21(12-14-23)25-19-24(28(33)40)27-29(34-25)38(22-9-7-6-8-10-22)30(35-27)44-20-26(39)36-15-17-37(18-16-36)31(41)43-32(2,3)4/h6-14,19H,5,15-18,20H2,1-4H3,(H2,33,40). The number of imidazole rings is 1. The summed E-state index contributed by atoms with van der Waals surface area (Å²) >= 11 is 1.26. The summed E-state index contributed by atoms with van der Waals surface area (Å²) in [5.41, 5.74) is 8.43. The molecule has 0 bridgehead atoms. The third-order valence-corrected chi connectivity index (χ3v) is 7.86.